The van der Waals surface area contributed by atoms with E-state index in [4.69, 9.17) is 5.73 Å². The summed E-state index contributed by atoms with van der Waals surface area (Å²) in [5, 5.41) is 5.59. The number of nitrogens with two attached hydrogens (primary N) is 1. The van der Waals surface area contributed by atoms with E-state index in [9.17, 15) is 9.59 Å². The molecule has 0 aliphatic heterocycles. The van der Waals surface area contributed by atoms with Crippen molar-refractivity contribution >= 4 is 11.8 Å². The van der Waals surface area contributed by atoms with Gasteiger partial charge in [0.05, 0.1) is 0 Å². The Bertz CT molecular complexity index is 317. The standard InChI is InChI=1S/C13H25N3O2/c1-12(2,3)16-10(17)5-8-15-11(18)9-13(14)6-4-7-13/h4-9,14H2,1-3H3,(H,15,18)(H,16,17). The van der Waals surface area contributed by atoms with Gasteiger partial charge in [-0.3, -0.25) is 9.59 Å². The van der Waals surface area contributed by atoms with E-state index in [1.807, 2.05) is 20.8 Å². The summed E-state index contributed by atoms with van der Waals surface area (Å²) >= 11 is 0. The highest BCUT2D eigenvalue weighted by molar-refractivity contribution is 5.80. The lowest BCUT2D eigenvalue weighted by molar-refractivity contribution is -0.124. The van der Waals surface area contributed by atoms with E-state index in [1.54, 1.807) is 0 Å². The molecule has 1 saturated carbocycles. The van der Waals surface area contributed by atoms with E-state index in [0.717, 1.165) is 19.3 Å². The molecule has 0 atom stereocenters. The van der Waals surface area contributed by atoms with E-state index < -0.39 is 0 Å². The van der Waals surface area contributed by atoms with E-state index >= 15 is 0 Å². The summed E-state index contributed by atoms with van der Waals surface area (Å²) in [5.74, 6) is -0.102. The van der Waals surface area contributed by atoms with Gasteiger partial charge in [-0.05, 0) is 40.0 Å². The quantitative estimate of drug-likeness (QED) is 0.675. The highest BCUT2D eigenvalue weighted by atomic mass is 16.2. The number of amides is 2. The summed E-state index contributed by atoms with van der Waals surface area (Å²) in [6.07, 6.45) is 3.63. The molecule has 104 valence electrons. The molecule has 0 radical (unpaired) electrons. The highest BCUT2D eigenvalue weighted by Crippen LogP contribution is 2.31. The van der Waals surface area contributed by atoms with Gasteiger partial charge in [-0.2, -0.15) is 0 Å². The van der Waals surface area contributed by atoms with Gasteiger partial charge in [0.2, 0.25) is 11.8 Å². The Balaban J connectivity index is 2.13. The molecule has 0 saturated heterocycles. The first kappa shape index (κ1) is 15.0. The third-order valence-corrected chi connectivity index (χ3v) is 3.05. The lowest BCUT2D eigenvalue weighted by Crippen LogP contribution is -2.50. The average molecular weight is 255 g/mol. The number of nitrogens with one attached hydrogen (secondary N) is 2. The first-order valence-corrected chi connectivity index (χ1v) is 6.57. The second kappa shape index (κ2) is 5.69. The lowest BCUT2D eigenvalue weighted by Gasteiger charge is -2.37. The van der Waals surface area contributed by atoms with Gasteiger partial charge in [0.15, 0.2) is 0 Å². The van der Waals surface area contributed by atoms with Gasteiger partial charge >= 0.3 is 0 Å². The van der Waals surface area contributed by atoms with Crippen molar-refractivity contribution in [3.8, 4) is 0 Å². The van der Waals surface area contributed by atoms with E-state index in [0.29, 0.717) is 19.4 Å². The predicted molar refractivity (Wildman–Crippen MR) is 70.9 cm³/mol. The summed E-state index contributed by atoms with van der Waals surface area (Å²) in [5.41, 5.74) is 5.46. The van der Waals surface area contributed by atoms with Gasteiger partial charge < -0.3 is 16.4 Å². The third kappa shape index (κ3) is 5.49. The van der Waals surface area contributed by atoms with Crippen molar-refractivity contribution in [1.29, 1.82) is 0 Å². The van der Waals surface area contributed by atoms with Gasteiger partial charge in [-0.25, -0.2) is 0 Å². The molecule has 0 spiro atoms. The molecule has 0 unspecified atom stereocenters. The molecule has 0 aromatic heterocycles. The Kier molecular flexibility index (Phi) is 4.73. The zero-order valence-electron chi connectivity index (χ0n) is 11.6. The molecule has 5 heteroatoms. The molecular formula is C13H25N3O2. The third-order valence-electron chi connectivity index (χ3n) is 3.05. The van der Waals surface area contributed by atoms with Gasteiger partial charge in [0, 0.05) is 30.5 Å². The van der Waals surface area contributed by atoms with Crippen LogP contribution in [0.15, 0.2) is 0 Å². The van der Waals surface area contributed by atoms with Crippen LogP contribution in [0.2, 0.25) is 0 Å². The Morgan fingerprint density at radius 3 is 2.28 bits per heavy atom. The van der Waals surface area contributed by atoms with Crippen LogP contribution in [0.25, 0.3) is 0 Å². The lowest BCUT2D eigenvalue weighted by atomic mass is 9.75. The zero-order chi connectivity index (χ0) is 13.8. The molecule has 0 aromatic rings. The van der Waals surface area contributed by atoms with Crippen LogP contribution in [0.4, 0.5) is 0 Å². The Morgan fingerprint density at radius 1 is 1.22 bits per heavy atom. The molecule has 4 N–H and O–H groups in total. The van der Waals surface area contributed by atoms with Crippen LogP contribution in [0, 0.1) is 0 Å². The second-order valence-corrected chi connectivity index (χ2v) is 6.29. The van der Waals surface area contributed by atoms with E-state index in [-0.39, 0.29) is 22.9 Å². The highest BCUT2D eigenvalue weighted by Gasteiger charge is 2.34. The van der Waals surface area contributed by atoms with Gasteiger partial charge in [0.1, 0.15) is 0 Å². The Morgan fingerprint density at radius 2 is 1.83 bits per heavy atom. The van der Waals surface area contributed by atoms with Crippen molar-refractivity contribution in [2.24, 2.45) is 5.73 Å². The normalized spacial score (nSPS) is 17.8. The van der Waals surface area contributed by atoms with Crippen LogP contribution < -0.4 is 16.4 Å². The average Bonchev–Trinajstić information content (AvgIpc) is 2.12. The second-order valence-electron chi connectivity index (χ2n) is 6.29. The van der Waals surface area contributed by atoms with Crippen LogP contribution in [0.3, 0.4) is 0 Å². The first-order chi connectivity index (χ1) is 8.20. The van der Waals surface area contributed by atoms with Crippen LogP contribution in [0.1, 0.15) is 52.9 Å². The van der Waals surface area contributed by atoms with Crippen molar-refractivity contribution in [3.63, 3.8) is 0 Å². The van der Waals surface area contributed by atoms with Crippen LogP contribution in [-0.2, 0) is 9.59 Å². The SMILES string of the molecule is CC(C)(C)NC(=O)CCNC(=O)CC1(N)CCC1. The molecule has 0 heterocycles. The molecule has 1 aliphatic rings. The zero-order valence-corrected chi connectivity index (χ0v) is 11.6. The van der Waals surface area contributed by atoms with Crippen molar-refractivity contribution in [2.45, 2.75) is 64.0 Å². The molecule has 2 amide bonds. The maximum Gasteiger partial charge on any atom is 0.222 e. The van der Waals surface area contributed by atoms with Crippen molar-refractivity contribution < 1.29 is 9.59 Å². The molecule has 0 bridgehead atoms. The maximum atomic E-state index is 11.6. The minimum absolute atomic E-state index is 0.0473. The summed E-state index contributed by atoms with van der Waals surface area (Å²) < 4.78 is 0. The maximum absolute atomic E-state index is 11.6. The summed E-state index contributed by atoms with van der Waals surface area (Å²) in [7, 11) is 0. The number of carbonyl (C=O) groups is 2. The van der Waals surface area contributed by atoms with Crippen molar-refractivity contribution in [1.82, 2.24) is 10.6 Å². The molecule has 1 fully saturated rings. The molecule has 5 nitrogen and oxygen atoms in total. The number of hydrogen-bond acceptors (Lipinski definition) is 3. The van der Waals surface area contributed by atoms with Crippen LogP contribution in [0.5, 0.6) is 0 Å². The molecule has 0 aromatic carbocycles. The van der Waals surface area contributed by atoms with Gasteiger partial charge in [-0.15, -0.1) is 0 Å². The number of rotatable bonds is 5. The topological polar surface area (TPSA) is 84.2 Å². The smallest absolute Gasteiger partial charge is 0.222 e. The minimum atomic E-state index is -0.294. The van der Waals surface area contributed by atoms with Gasteiger partial charge in [0.25, 0.3) is 0 Å². The molecular weight excluding hydrogens is 230 g/mol. The molecule has 18 heavy (non-hydrogen) atoms. The van der Waals surface area contributed by atoms with E-state index in [2.05, 4.69) is 10.6 Å². The monoisotopic (exact) mass is 255 g/mol. The van der Waals surface area contributed by atoms with E-state index in [1.165, 1.54) is 0 Å². The van der Waals surface area contributed by atoms with Crippen molar-refractivity contribution in [2.75, 3.05) is 6.54 Å². The molecule has 1 aliphatic carbocycles. The Hall–Kier alpha value is -1.10. The number of carbonyl (C=O) groups excluding carboxylic acids is 2. The predicted octanol–water partition coefficient (Wildman–Crippen LogP) is 0.679. The molecule has 1 rings (SSSR count). The van der Waals surface area contributed by atoms with Gasteiger partial charge in [-0.1, -0.05) is 0 Å². The summed E-state index contributed by atoms with van der Waals surface area (Å²) in [6.45, 7) is 6.16. The van der Waals surface area contributed by atoms with Crippen LogP contribution >= 0.6 is 0 Å². The minimum Gasteiger partial charge on any atom is -0.356 e. The first-order valence-electron chi connectivity index (χ1n) is 6.57. The summed E-state index contributed by atoms with van der Waals surface area (Å²) in [4.78, 5) is 23.1. The van der Waals surface area contributed by atoms with Crippen molar-refractivity contribution in [3.05, 3.63) is 0 Å². The Labute approximate surface area is 109 Å². The summed E-state index contributed by atoms with van der Waals surface area (Å²) in [6, 6.07) is 0. The van der Waals surface area contributed by atoms with Crippen LogP contribution in [-0.4, -0.2) is 29.4 Å². The fraction of sp³-hybridized carbons (Fsp3) is 0.846. The number of hydrogen-bond donors (Lipinski definition) is 3. The largest absolute Gasteiger partial charge is 0.356 e. The fourth-order valence-electron chi connectivity index (χ4n) is 1.99. The fourth-order valence-corrected chi connectivity index (χ4v) is 1.99.